The average Bonchev–Trinajstić information content (AvgIpc) is 1.98. The van der Waals surface area contributed by atoms with E-state index in [2.05, 4.69) is 5.11 Å². The van der Waals surface area contributed by atoms with Gasteiger partial charge in [-0.15, -0.1) is 0 Å². The number of azo groups is 1. The second-order valence-corrected chi connectivity index (χ2v) is 3.08. The fourth-order valence-electron chi connectivity index (χ4n) is 0.679. The fourth-order valence-corrected chi connectivity index (χ4v) is 0.679. The number of hydroxylamine groups is 1. The maximum absolute atomic E-state index is 10.9. The Morgan fingerprint density at radius 1 is 1.62 bits per heavy atom. The number of hydrogen-bond acceptors (Lipinski definition) is 4. The lowest BCUT2D eigenvalue weighted by molar-refractivity contribution is -0.538. The van der Waals surface area contributed by atoms with Gasteiger partial charge in [0.25, 0.3) is 0 Å². The van der Waals surface area contributed by atoms with Gasteiger partial charge in [-0.1, -0.05) is 18.7 Å². The minimum atomic E-state index is -1.35. The van der Waals surface area contributed by atoms with Crippen molar-refractivity contribution in [3.8, 4) is 0 Å². The topological polar surface area (TPSA) is 96.0 Å². The smallest absolute Gasteiger partial charge is 0.337 e. The van der Waals surface area contributed by atoms with E-state index in [0.717, 1.165) is 0 Å². The molecule has 0 amide bonds. The molecule has 0 rings (SSSR count). The lowest BCUT2D eigenvalue weighted by atomic mass is 10.2. The first-order valence-corrected chi connectivity index (χ1v) is 3.96. The summed E-state index contributed by atoms with van der Waals surface area (Å²) in [5.41, 5.74) is 0. The van der Waals surface area contributed by atoms with Crippen LogP contribution < -0.4 is 0 Å². The molecule has 76 valence electrons. The number of carboxylic acid groups (broad SMARTS) is 1. The molecule has 13 heavy (non-hydrogen) atoms. The molecule has 0 aromatic heterocycles. The Bertz CT molecular complexity index is 203. The van der Waals surface area contributed by atoms with Crippen molar-refractivity contribution in [2.45, 2.75) is 19.9 Å². The van der Waals surface area contributed by atoms with Crippen LogP contribution in [0.25, 0.3) is 0 Å². The van der Waals surface area contributed by atoms with E-state index < -0.39 is 18.6 Å². The number of nitrogens with zero attached hydrogens (tertiary/aromatic N) is 2. The highest BCUT2D eigenvalue weighted by molar-refractivity contribution is 5.73. The number of aliphatic hydroxyl groups excluding tert-OH is 1. The van der Waals surface area contributed by atoms with Crippen LogP contribution in [0.15, 0.2) is 5.11 Å². The van der Waals surface area contributed by atoms with Gasteiger partial charge in [0.1, 0.15) is 0 Å². The number of rotatable bonds is 5. The Morgan fingerprint density at radius 3 is 2.46 bits per heavy atom. The first-order valence-electron chi connectivity index (χ1n) is 3.96. The molecular weight excluding hydrogens is 176 g/mol. The van der Waals surface area contributed by atoms with Crippen LogP contribution in [-0.4, -0.2) is 40.2 Å². The van der Waals surface area contributed by atoms with Gasteiger partial charge in [0.05, 0.1) is 6.61 Å². The first kappa shape index (κ1) is 11.8. The zero-order valence-electron chi connectivity index (χ0n) is 7.67. The molecule has 0 fully saturated rings. The normalized spacial score (nSPS) is 14.6. The third kappa shape index (κ3) is 5.13. The van der Waals surface area contributed by atoms with Crippen LogP contribution in [0.5, 0.6) is 0 Å². The van der Waals surface area contributed by atoms with E-state index in [-0.39, 0.29) is 12.5 Å². The molecular formula is C7H14N2O4. The number of carbonyl (C=O) groups is 1. The van der Waals surface area contributed by atoms with Gasteiger partial charge < -0.3 is 15.4 Å². The standard InChI is InChI=1S/C7H14N2O4/c1-5(2)3-9(13)8-6(4-10)7(11)12/h5-6,10H,3-4H2,1-2H3,(H,11,12). The van der Waals surface area contributed by atoms with E-state index in [1.807, 2.05) is 13.8 Å². The van der Waals surface area contributed by atoms with E-state index >= 15 is 0 Å². The molecule has 1 unspecified atom stereocenters. The lowest BCUT2D eigenvalue weighted by Gasteiger charge is -2.05. The van der Waals surface area contributed by atoms with Crippen LogP contribution in [0, 0.1) is 11.1 Å². The molecule has 0 aliphatic rings. The Labute approximate surface area is 76.1 Å². The maximum atomic E-state index is 10.9. The first-order chi connectivity index (χ1) is 5.97. The number of aliphatic hydroxyl groups is 1. The van der Waals surface area contributed by atoms with Crippen molar-refractivity contribution in [3.63, 3.8) is 0 Å². The highest BCUT2D eigenvalue weighted by Gasteiger charge is 2.19. The average molecular weight is 190 g/mol. The number of hydrogen-bond donors (Lipinski definition) is 2. The molecule has 6 heteroatoms. The minimum absolute atomic E-state index is 0.106. The SMILES string of the molecule is CC(C)C[N+]([O-])=NC(CO)C(=O)O. The zero-order chi connectivity index (χ0) is 10.4. The van der Waals surface area contributed by atoms with Crippen molar-refractivity contribution < 1.29 is 19.9 Å². The zero-order valence-corrected chi connectivity index (χ0v) is 7.67. The molecule has 0 saturated carbocycles. The van der Waals surface area contributed by atoms with Gasteiger partial charge in [-0.3, -0.25) is 0 Å². The van der Waals surface area contributed by atoms with E-state index in [4.69, 9.17) is 10.2 Å². The third-order valence-corrected chi connectivity index (χ3v) is 1.25. The predicted molar refractivity (Wildman–Crippen MR) is 44.3 cm³/mol. The lowest BCUT2D eigenvalue weighted by Crippen LogP contribution is -2.25. The van der Waals surface area contributed by atoms with E-state index in [9.17, 15) is 10.0 Å². The highest BCUT2D eigenvalue weighted by atomic mass is 16.5. The van der Waals surface area contributed by atoms with Gasteiger partial charge in [-0.2, -0.15) is 0 Å². The van der Waals surface area contributed by atoms with Crippen LogP contribution in [0.1, 0.15) is 13.8 Å². The molecule has 0 bridgehead atoms. The summed E-state index contributed by atoms with van der Waals surface area (Å²) in [5, 5.41) is 31.1. The molecule has 0 aliphatic carbocycles. The van der Waals surface area contributed by atoms with Crippen molar-refractivity contribution in [2.75, 3.05) is 13.2 Å². The Hall–Kier alpha value is -1.17. The van der Waals surface area contributed by atoms with Crippen LogP contribution in [0.2, 0.25) is 0 Å². The predicted octanol–water partition coefficient (Wildman–Crippen LogP) is 0.0504. The molecule has 0 radical (unpaired) electrons. The molecule has 2 N–H and O–H groups in total. The Balaban J connectivity index is 4.24. The Morgan fingerprint density at radius 2 is 2.15 bits per heavy atom. The summed E-state index contributed by atoms with van der Waals surface area (Å²) in [6.45, 7) is 3.10. The molecule has 0 spiro atoms. The van der Waals surface area contributed by atoms with Crippen LogP contribution in [-0.2, 0) is 4.79 Å². The maximum Gasteiger partial charge on any atom is 0.337 e. The third-order valence-electron chi connectivity index (χ3n) is 1.25. The molecule has 0 aromatic rings. The molecule has 1 atom stereocenters. The van der Waals surface area contributed by atoms with Gasteiger partial charge in [-0.05, 0) is 5.11 Å². The second kappa shape index (κ2) is 5.47. The number of carboxylic acids is 1. The van der Waals surface area contributed by atoms with Crippen LogP contribution >= 0.6 is 0 Å². The van der Waals surface area contributed by atoms with Crippen molar-refractivity contribution in [2.24, 2.45) is 11.0 Å². The summed E-state index contributed by atoms with van der Waals surface area (Å²) in [6.07, 6.45) is 0. The quantitative estimate of drug-likeness (QED) is 0.363. The molecule has 0 heterocycles. The summed E-state index contributed by atoms with van der Waals surface area (Å²) in [6, 6.07) is -1.35. The highest BCUT2D eigenvalue weighted by Crippen LogP contribution is 1.96. The fraction of sp³-hybridized carbons (Fsp3) is 0.857. The van der Waals surface area contributed by atoms with Gasteiger partial charge in [0.2, 0.25) is 6.04 Å². The summed E-state index contributed by atoms with van der Waals surface area (Å²) in [5.74, 6) is -1.19. The van der Waals surface area contributed by atoms with Crippen LogP contribution in [0.4, 0.5) is 0 Å². The minimum Gasteiger partial charge on any atom is -0.600 e. The summed E-state index contributed by atoms with van der Waals surface area (Å²) >= 11 is 0. The molecule has 0 aliphatic heterocycles. The second-order valence-electron chi connectivity index (χ2n) is 3.08. The van der Waals surface area contributed by atoms with Crippen molar-refractivity contribution in [1.29, 1.82) is 0 Å². The van der Waals surface area contributed by atoms with Gasteiger partial charge >= 0.3 is 5.97 Å². The van der Waals surface area contributed by atoms with E-state index in [1.165, 1.54) is 0 Å². The molecule has 0 aromatic carbocycles. The van der Waals surface area contributed by atoms with Crippen molar-refractivity contribution in [3.05, 3.63) is 5.21 Å². The van der Waals surface area contributed by atoms with Crippen molar-refractivity contribution >= 4 is 5.97 Å². The summed E-state index contributed by atoms with van der Waals surface area (Å²) in [7, 11) is 0. The van der Waals surface area contributed by atoms with Crippen LogP contribution in [0.3, 0.4) is 0 Å². The van der Waals surface area contributed by atoms with E-state index in [1.54, 1.807) is 0 Å². The largest absolute Gasteiger partial charge is 0.600 e. The number of aliphatic carboxylic acids is 1. The molecule has 0 saturated heterocycles. The summed E-state index contributed by atoms with van der Waals surface area (Å²) < 4.78 is 0. The van der Waals surface area contributed by atoms with Gasteiger partial charge in [0.15, 0.2) is 6.54 Å². The van der Waals surface area contributed by atoms with E-state index in [0.29, 0.717) is 4.86 Å². The Kier molecular flexibility index (Phi) is 4.98. The van der Waals surface area contributed by atoms with Crippen molar-refractivity contribution in [1.82, 2.24) is 0 Å². The molecule has 6 nitrogen and oxygen atoms in total. The van der Waals surface area contributed by atoms with Gasteiger partial charge in [0, 0.05) is 5.92 Å². The summed E-state index contributed by atoms with van der Waals surface area (Å²) in [4.78, 5) is 10.6. The van der Waals surface area contributed by atoms with Gasteiger partial charge in [-0.25, -0.2) is 4.79 Å². The monoisotopic (exact) mass is 190 g/mol.